The van der Waals surface area contributed by atoms with Gasteiger partial charge >= 0.3 is 5.97 Å². The second kappa shape index (κ2) is 5.05. The molecule has 0 heterocycles. The molecule has 0 bridgehead atoms. The maximum atomic E-state index is 13.2. The number of rotatable bonds is 4. The predicted molar refractivity (Wildman–Crippen MR) is 52.2 cm³/mol. The first-order chi connectivity index (χ1) is 7.88. The zero-order chi connectivity index (χ0) is 13.2. The van der Waals surface area contributed by atoms with Gasteiger partial charge in [0.15, 0.2) is 17.4 Å². The van der Waals surface area contributed by atoms with Gasteiger partial charge in [0.2, 0.25) is 5.82 Å². The van der Waals surface area contributed by atoms with Crippen LogP contribution < -0.4 is 10.5 Å². The molecule has 3 N–H and O–H groups in total. The van der Waals surface area contributed by atoms with Gasteiger partial charge in [-0.15, -0.1) is 0 Å². The number of carboxylic acids is 1. The molecule has 4 nitrogen and oxygen atoms in total. The molecule has 0 amide bonds. The van der Waals surface area contributed by atoms with Crippen LogP contribution in [-0.4, -0.2) is 24.2 Å². The largest absolute Gasteiger partial charge is 0.493 e. The number of benzene rings is 1. The van der Waals surface area contributed by atoms with Gasteiger partial charge in [-0.1, -0.05) is 0 Å². The van der Waals surface area contributed by atoms with Crippen LogP contribution in [0.25, 0.3) is 0 Å². The van der Waals surface area contributed by atoms with Crippen LogP contribution in [0.5, 0.6) is 5.75 Å². The Hall–Kier alpha value is -1.76. The highest BCUT2D eigenvalue weighted by atomic mass is 19.2. The van der Waals surface area contributed by atoms with Gasteiger partial charge in [-0.25, -0.2) is 8.78 Å². The SMILES string of the molecule is COc1c(CC(N)C(=O)O)cc(F)c(F)c1F. The third-order valence-corrected chi connectivity index (χ3v) is 2.16. The maximum absolute atomic E-state index is 13.2. The van der Waals surface area contributed by atoms with Gasteiger partial charge in [-0.05, 0) is 6.07 Å². The van der Waals surface area contributed by atoms with E-state index in [0.29, 0.717) is 6.07 Å². The molecule has 94 valence electrons. The number of carbonyl (C=O) groups is 1. The molecule has 1 atom stereocenters. The molecule has 0 radical (unpaired) electrons. The smallest absolute Gasteiger partial charge is 0.320 e. The lowest BCUT2D eigenvalue weighted by atomic mass is 10.0. The molecule has 0 aromatic heterocycles. The molecular weight excluding hydrogens is 239 g/mol. The molecule has 17 heavy (non-hydrogen) atoms. The second-order valence-electron chi connectivity index (χ2n) is 3.33. The number of hydrogen-bond donors (Lipinski definition) is 2. The third-order valence-electron chi connectivity index (χ3n) is 2.16. The molecule has 0 saturated carbocycles. The molecule has 0 aliphatic heterocycles. The summed E-state index contributed by atoms with van der Waals surface area (Å²) in [6, 6.07) is -0.687. The highest BCUT2D eigenvalue weighted by Crippen LogP contribution is 2.27. The minimum Gasteiger partial charge on any atom is -0.493 e. The lowest BCUT2D eigenvalue weighted by molar-refractivity contribution is -0.138. The van der Waals surface area contributed by atoms with E-state index in [9.17, 15) is 18.0 Å². The molecular formula is C10H10F3NO3. The predicted octanol–water partition coefficient (Wildman–Crippen LogP) is 1.07. The van der Waals surface area contributed by atoms with Crippen molar-refractivity contribution >= 4 is 5.97 Å². The molecule has 1 rings (SSSR count). The third kappa shape index (κ3) is 2.68. The van der Waals surface area contributed by atoms with Gasteiger partial charge in [0.05, 0.1) is 7.11 Å². The zero-order valence-electron chi connectivity index (χ0n) is 8.84. The van der Waals surface area contributed by atoms with Crippen molar-refractivity contribution in [1.82, 2.24) is 0 Å². The minimum absolute atomic E-state index is 0.140. The molecule has 1 unspecified atom stereocenters. The van der Waals surface area contributed by atoms with E-state index in [1.54, 1.807) is 0 Å². The summed E-state index contributed by atoms with van der Waals surface area (Å²) >= 11 is 0. The highest BCUT2D eigenvalue weighted by molar-refractivity contribution is 5.73. The van der Waals surface area contributed by atoms with Crippen molar-refractivity contribution < 1.29 is 27.8 Å². The van der Waals surface area contributed by atoms with E-state index in [0.717, 1.165) is 7.11 Å². The lowest BCUT2D eigenvalue weighted by Crippen LogP contribution is -2.32. The highest BCUT2D eigenvalue weighted by Gasteiger charge is 2.22. The Labute approximate surface area is 94.8 Å². The van der Waals surface area contributed by atoms with Crippen molar-refractivity contribution in [2.45, 2.75) is 12.5 Å². The number of methoxy groups -OCH3 is 1. The average Bonchev–Trinajstić information content (AvgIpc) is 2.26. The van der Waals surface area contributed by atoms with Crippen molar-refractivity contribution in [2.24, 2.45) is 5.73 Å². The summed E-state index contributed by atoms with van der Waals surface area (Å²) < 4.78 is 43.6. The normalized spacial score (nSPS) is 12.3. The van der Waals surface area contributed by atoms with Crippen LogP contribution in [0.1, 0.15) is 5.56 Å². The number of hydrogen-bond acceptors (Lipinski definition) is 3. The van der Waals surface area contributed by atoms with E-state index in [-0.39, 0.29) is 12.0 Å². The molecule has 0 aliphatic carbocycles. The molecule has 1 aromatic rings. The molecule has 1 aromatic carbocycles. The van der Waals surface area contributed by atoms with Crippen LogP contribution in [-0.2, 0) is 11.2 Å². The average molecular weight is 249 g/mol. The number of nitrogens with two attached hydrogens (primary N) is 1. The van der Waals surface area contributed by atoms with Gasteiger partial charge in [-0.2, -0.15) is 4.39 Å². The van der Waals surface area contributed by atoms with Gasteiger partial charge in [-0.3, -0.25) is 4.79 Å². The number of carboxylic acid groups (broad SMARTS) is 1. The van der Waals surface area contributed by atoms with Crippen LogP contribution in [0.15, 0.2) is 6.07 Å². The summed E-state index contributed by atoms with van der Waals surface area (Å²) in [6.45, 7) is 0. The van der Waals surface area contributed by atoms with Crippen molar-refractivity contribution in [3.8, 4) is 5.75 Å². The summed E-state index contributed by atoms with van der Waals surface area (Å²) in [4.78, 5) is 10.5. The Morgan fingerprint density at radius 3 is 2.53 bits per heavy atom. The van der Waals surface area contributed by atoms with E-state index < -0.39 is 35.2 Å². The summed E-state index contributed by atoms with van der Waals surface area (Å²) in [5.41, 5.74) is 5.08. The molecule has 0 aliphatic rings. The van der Waals surface area contributed by atoms with Gasteiger partial charge in [0.25, 0.3) is 0 Å². The first-order valence-electron chi connectivity index (χ1n) is 4.57. The van der Waals surface area contributed by atoms with Crippen LogP contribution in [0.3, 0.4) is 0 Å². The second-order valence-corrected chi connectivity index (χ2v) is 3.33. The Morgan fingerprint density at radius 2 is 2.06 bits per heavy atom. The van der Waals surface area contributed by atoms with Gasteiger partial charge in [0.1, 0.15) is 6.04 Å². The molecule has 0 fully saturated rings. The van der Waals surface area contributed by atoms with Gasteiger partial charge in [0, 0.05) is 12.0 Å². The fraction of sp³-hybridized carbons (Fsp3) is 0.300. The van der Waals surface area contributed by atoms with Crippen molar-refractivity contribution in [1.29, 1.82) is 0 Å². The van der Waals surface area contributed by atoms with Crippen molar-refractivity contribution in [3.63, 3.8) is 0 Å². The number of ether oxygens (including phenoxy) is 1. The summed E-state index contributed by atoms with van der Waals surface area (Å²) in [5, 5.41) is 8.57. The monoisotopic (exact) mass is 249 g/mol. The van der Waals surface area contributed by atoms with Crippen LogP contribution in [0.4, 0.5) is 13.2 Å². The Kier molecular flexibility index (Phi) is 3.95. The quantitative estimate of drug-likeness (QED) is 0.783. The Morgan fingerprint density at radius 1 is 1.47 bits per heavy atom. The molecule has 0 spiro atoms. The van der Waals surface area contributed by atoms with Crippen molar-refractivity contribution in [2.75, 3.05) is 7.11 Å². The number of aliphatic carboxylic acids is 1. The van der Waals surface area contributed by atoms with E-state index in [4.69, 9.17) is 10.8 Å². The van der Waals surface area contributed by atoms with Crippen LogP contribution in [0.2, 0.25) is 0 Å². The fourth-order valence-electron chi connectivity index (χ4n) is 1.32. The summed E-state index contributed by atoms with van der Waals surface area (Å²) in [5.74, 6) is -6.47. The van der Waals surface area contributed by atoms with Crippen molar-refractivity contribution in [3.05, 3.63) is 29.1 Å². The lowest BCUT2D eigenvalue weighted by Gasteiger charge is -2.12. The number of halogens is 3. The summed E-state index contributed by atoms with van der Waals surface area (Å²) in [6.07, 6.45) is -0.368. The van der Waals surface area contributed by atoms with Gasteiger partial charge < -0.3 is 15.6 Å². The first kappa shape index (κ1) is 13.3. The molecule has 7 heteroatoms. The summed E-state index contributed by atoms with van der Waals surface area (Å²) in [7, 11) is 1.06. The van der Waals surface area contributed by atoms with E-state index in [1.165, 1.54) is 0 Å². The van der Waals surface area contributed by atoms with Crippen LogP contribution >= 0.6 is 0 Å². The fourth-order valence-corrected chi connectivity index (χ4v) is 1.32. The van der Waals surface area contributed by atoms with E-state index >= 15 is 0 Å². The zero-order valence-corrected chi connectivity index (χ0v) is 8.84. The minimum atomic E-state index is -1.67. The Bertz CT molecular complexity index is 451. The Balaban J connectivity index is 3.19. The molecule has 0 saturated heterocycles. The maximum Gasteiger partial charge on any atom is 0.320 e. The van der Waals surface area contributed by atoms with Crippen LogP contribution in [0, 0.1) is 17.5 Å². The first-order valence-corrected chi connectivity index (χ1v) is 4.57. The standard InChI is InChI=1S/C10H10F3NO3/c1-17-9-4(3-6(14)10(15)16)2-5(11)7(12)8(9)13/h2,6H,3,14H2,1H3,(H,15,16). The van der Waals surface area contributed by atoms with E-state index in [1.807, 2.05) is 0 Å². The topological polar surface area (TPSA) is 72.5 Å². The van der Waals surface area contributed by atoms with E-state index in [2.05, 4.69) is 4.74 Å².